The molecule has 0 aliphatic carbocycles. The van der Waals surface area contributed by atoms with Crippen molar-refractivity contribution >= 4 is 5.82 Å². The predicted molar refractivity (Wildman–Crippen MR) is 76.6 cm³/mol. The first-order chi connectivity index (χ1) is 10.2. The fraction of sp³-hybridized carbons (Fsp3) is 0.429. The number of rotatable bonds is 2. The van der Waals surface area contributed by atoms with Gasteiger partial charge in [-0.05, 0) is 19.1 Å². The highest BCUT2D eigenvalue weighted by Crippen LogP contribution is 2.26. The topological polar surface area (TPSA) is 79.9 Å². The third-order valence-electron chi connectivity index (χ3n) is 3.65. The minimum Gasteiger partial charge on any atom is -0.377 e. The van der Waals surface area contributed by atoms with Gasteiger partial charge in [-0.25, -0.2) is 0 Å². The number of nitriles is 1. The van der Waals surface area contributed by atoms with E-state index >= 15 is 0 Å². The van der Waals surface area contributed by atoms with Crippen LogP contribution in [0.25, 0.3) is 11.3 Å². The number of aryl methyl sites for hydroxylation is 1. The molecule has 1 saturated heterocycles. The Kier molecular flexibility index (Phi) is 3.54. The van der Waals surface area contributed by atoms with Crippen molar-refractivity contribution in [3.05, 3.63) is 24.0 Å². The Morgan fingerprint density at radius 3 is 2.95 bits per heavy atom. The lowest BCUT2D eigenvalue weighted by atomic mass is 10.1. The van der Waals surface area contributed by atoms with Crippen LogP contribution >= 0.6 is 0 Å². The molecule has 0 N–H and O–H groups in total. The highest BCUT2D eigenvalue weighted by Gasteiger charge is 2.22. The Labute approximate surface area is 122 Å². The van der Waals surface area contributed by atoms with Crippen LogP contribution in [0.5, 0.6) is 0 Å². The van der Waals surface area contributed by atoms with E-state index in [1.165, 1.54) is 0 Å². The van der Waals surface area contributed by atoms with E-state index in [1.807, 2.05) is 19.2 Å². The molecule has 1 aliphatic rings. The number of hydrogen-bond donors (Lipinski definition) is 0. The molecule has 1 aliphatic heterocycles. The van der Waals surface area contributed by atoms with E-state index in [-0.39, 0.29) is 6.04 Å². The number of aromatic nitrogens is 4. The van der Waals surface area contributed by atoms with Gasteiger partial charge in [0.2, 0.25) is 0 Å². The second kappa shape index (κ2) is 5.50. The van der Waals surface area contributed by atoms with Crippen LogP contribution in [-0.4, -0.2) is 45.8 Å². The summed E-state index contributed by atoms with van der Waals surface area (Å²) in [6.07, 6.45) is 1.70. The molecule has 0 unspecified atom stereocenters. The van der Waals surface area contributed by atoms with E-state index in [2.05, 4.69) is 33.2 Å². The maximum Gasteiger partial charge on any atom is 0.172 e. The molecule has 0 radical (unpaired) electrons. The predicted octanol–water partition coefficient (Wildman–Crippen LogP) is 0.974. The average molecular weight is 284 g/mol. The monoisotopic (exact) mass is 284 g/mol. The van der Waals surface area contributed by atoms with Gasteiger partial charge in [-0.3, -0.25) is 4.68 Å². The summed E-state index contributed by atoms with van der Waals surface area (Å²) in [4.78, 5) is 2.15. The molecule has 3 heterocycles. The first-order valence-electron chi connectivity index (χ1n) is 6.81. The molecule has 0 spiro atoms. The minimum absolute atomic E-state index is 0.236. The van der Waals surface area contributed by atoms with Gasteiger partial charge in [0.25, 0.3) is 0 Å². The third-order valence-corrected chi connectivity index (χ3v) is 3.65. The molecule has 1 fully saturated rings. The van der Waals surface area contributed by atoms with E-state index in [4.69, 9.17) is 4.74 Å². The number of hydrogen-bond acceptors (Lipinski definition) is 6. The summed E-state index contributed by atoms with van der Waals surface area (Å²) in [5, 5.41) is 21.7. The minimum atomic E-state index is 0.236. The van der Waals surface area contributed by atoms with Crippen molar-refractivity contribution in [3.8, 4) is 17.3 Å². The largest absolute Gasteiger partial charge is 0.377 e. The molecule has 3 rings (SSSR count). The van der Waals surface area contributed by atoms with Crippen molar-refractivity contribution in [2.24, 2.45) is 7.05 Å². The Morgan fingerprint density at radius 2 is 2.29 bits per heavy atom. The number of ether oxygens (including phenoxy) is 1. The van der Waals surface area contributed by atoms with Gasteiger partial charge in [-0.1, -0.05) is 0 Å². The second-order valence-corrected chi connectivity index (χ2v) is 5.03. The van der Waals surface area contributed by atoms with Crippen LogP contribution in [0.1, 0.15) is 12.6 Å². The van der Waals surface area contributed by atoms with Crippen LogP contribution in [0.4, 0.5) is 5.82 Å². The summed E-state index contributed by atoms with van der Waals surface area (Å²) in [6, 6.07) is 6.10. The van der Waals surface area contributed by atoms with Crippen molar-refractivity contribution < 1.29 is 4.74 Å². The number of anilines is 1. The van der Waals surface area contributed by atoms with E-state index in [0.717, 1.165) is 23.6 Å². The Morgan fingerprint density at radius 1 is 1.43 bits per heavy atom. The highest BCUT2D eigenvalue weighted by molar-refractivity contribution is 5.68. The Balaban J connectivity index is 2.05. The summed E-state index contributed by atoms with van der Waals surface area (Å²) in [6.45, 7) is 4.20. The lowest BCUT2D eigenvalue weighted by molar-refractivity contribution is 0.0984. The highest BCUT2D eigenvalue weighted by atomic mass is 16.5. The van der Waals surface area contributed by atoms with Gasteiger partial charge in [-0.2, -0.15) is 10.4 Å². The quantitative estimate of drug-likeness (QED) is 0.817. The zero-order chi connectivity index (χ0) is 14.8. The van der Waals surface area contributed by atoms with E-state index in [1.54, 1.807) is 10.9 Å². The van der Waals surface area contributed by atoms with Gasteiger partial charge in [0.1, 0.15) is 6.07 Å². The Hall–Kier alpha value is -2.46. The van der Waals surface area contributed by atoms with E-state index in [9.17, 15) is 5.26 Å². The zero-order valence-electron chi connectivity index (χ0n) is 12.0. The summed E-state index contributed by atoms with van der Waals surface area (Å²) < 4.78 is 7.17. The molecule has 2 aromatic rings. The van der Waals surface area contributed by atoms with E-state index < -0.39 is 0 Å². The maximum atomic E-state index is 9.25. The van der Waals surface area contributed by atoms with Crippen LogP contribution < -0.4 is 4.90 Å². The van der Waals surface area contributed by atoms with Gasteiger partial charge in [0.05, 0.1) is 24.9 Å². The van der Waals surface area contributed by atoms with Gasteiger partial charge >= 0.3 is 0 Å². The SMILES string of the molecule is C[C@@H]1COCCN1c1cc(-c2ccnn2C)c(C#N)nn1. The average Bonchev–Trinajstić information content (AvgIpc) is 2.93. The van der Waals surface area contributed by atoms with Crippen LogP contribution in [0.3, 0.4) is 0 Å². The molecule has 0 amide bonds. The fourth-order valence-corrected chi connectivity index (χ4v) is 2.51. The van der Waals surface area contributed by atoms with Gasteiger partial charge in [0, 0.05) is 25.4 Å². The molecule has 0 aromatic carbocycles. The van der Waals surface area contributed by atoms with Crippen molar-refractivity contribution in [1.29, 1.82) is 5.26 Å². The van der Waals surface area contributed by atoms with Gasteiger partial charge in [0.15, 0.2) is 11.5 Å². The first-order valence-corrected chi connectivity index (χ1v) is 6.81. The number of nitrogens with zero attached hydrogens (tertiary/aromatic N) is 6. The molecule has 2 aromatic heterocycles. The lowest BCUT2D eigenvalue weighted by Crippen LogP contribution is -2.44. The van der Waals surface area contributed by atoms with Crippen LogP contribution in [0.15, 0.2) is 18.3 Å². The smallest absolute Gasteiger partial charge is 0.172 e. The molecule has 7 nitrogen and oxygen atoms in total. The molecule has 0 bridgehead atoms. The molecular weight excluding hydrogens is 268 g/mol. The van der Waals surface area contributed by atoms with Crippen LogP contribution in [0, 0.1) is 11.3 Å². The van der Waals surface area contributed by atoms with Crippen molar-refractivity contribution in [2.75, 3.05) is 24.7 Å². The van der Waals surface area contributed by atoms with Crippen molar-refractivity contribution in [1.82, 2.24) is 20.0 Å². The summed E-state index contributed by atoms with van der Waals surface area (Å²) in [7, 11) is 1.84. The molecule has 1 atom stereocenters. The van der Waals surface area contributed by atoms with Crippen molar-refractivity contribution in [2.45, 2.75) is 13.0 Å². The lowest BCUT2D eigenvalue weighted by Gasteiger charge is -2.34. The number of morpholine rings is 1. The third kappa shape index (κ3) is 2.45. The molecule has 108 valence electrons. The Bertz CT molecular complexity index is 689. The molecule has 7 heteroatoms. The fourth-order valence-electron chi connectivity index (χ4n) is 2.51. The summed E-state index contributed by atoms with van der Waals surface area (Å²) >= 11 is 0. The van der Waals surface area contributed by atoms with Gasteiger partial charge < -0.3 is 9.64 Å². The standard InChI is InChI=1S/C14H16N6O/c1-10-9-21-6-5-20(10)14-7-11(12(8-15)17-18-14)13-3-4-16-19(13)2/h3-4,7,10H,5-6,9H2,1-2H3/t10-/m1/s1. The van der Waals surface area contributed by atoms with Gasteiger partial charge in [-0.15, -0.1) is 10.2 Å². The molecular formula is C14H16N6O. The van der Waals surface area contributed by atoms with Crippen LogP contribution in [-0.2, 0) is 11.8 Å². The van der Waals surface area contributed by atoms with E-state index in [0.29, 0.717) is 18.9 Å². The first kappa shape index (κ1) is 13.5. The maximum absolute atomic E-state index is 9.25. The summed E-state index contributed by atoms with van der Waals surface area (Å²) in [5.74, 6) is 0.765. The van der Waals surface area contributed by atoms with Crippen molar-refractivity contribution in [3.63, 3.8) is 0 Å². The van der Waals surface area contributed by atoms with Crippen LogP contribution in [0.2, 0.25) is 0 Å². The summed E-state index contributed by atoms with van der Waals surface area (Å²) in [5.41, 5.74) is 1.91. The second-order valence-electron chi connectivity index (χ2n) is 5.03. The normalized spacial score (nSPS) is 18.5. The molecule has 0 saturated carbocycles. The zero-order valence-corrected chi connectivity index (χ0v) is 12.0. The molecule has 21 heavy (non-hydrogen) atoms.